The quantitative estimate of drug-likeness (QED) is 0.352. The number of unbranched alkanes of at least 4 members (excludes halogenated alkanes) is 1. The first-order chi connectivity index (χ1) is 14.6. The number of nitrogens with zero attached hydrogens (tertiary/aromatic N) is 1. The van der Waals surface area contributed by atoms with E-state index in [1.807, 2.05) is 25.1 Å². The molecule has 6 nitrogen and oxygen atoms in total. The first kappa shape index (κ1) is 25.3. The van der Waals surface area contributed by atoms with Gasteiger partial charge in [0, 0.05) is 13.7 Å². The second-order valence-electron chi connectivity index (χ2n) is 8.17. The number of nitrogens with two attached hydrogens (primary N) is 1. The van der Waals surface area contributed by atoms with Gasteiger partial charge >= 0.3 is 12.2 Å². The third kappa shape index (κ3) is 8.95. The number of primary amides is 1. The van der Waals surface area contributed by atoms with Gasteiger partial charge in [0.1, 0.15) is 11.9 Å². The average Bonchev–Trinajstić information content (AvgIpc) is 3.51. The molecule has 0 bridgehead atoms. The highest BCUT2D eigenvalue weighted by molar-refractivity contribution is 5.72. The lowest BCUT2D eigenvalue weighted by molar-refractivity contribution is -0.146. The minimum atomic E-state index is -4.45. The lowest BCUT2D eigenvalue weighted by Gasteiger charge is -2.31. The standard InChI is InChI=1S/C22H33F3N2O4/c1-15-13-18(31-14-16-7-8-16)10-9-17(15)5-3-4-6-19(30-2)20(28)27(21(26)29)12-11-22(23,24)25/h9-10,13,16,19-20,28H,3-8,11-12,14H2,1-2H3,(H2,26,29). The summed E-state index contributed by atoms with van der Waals surface area (Å²) in [5.41, 5.74) is 7.49. The third-order valence-corrected chi connectivity index (χ3v) is 5.56. The van der Waals surface area contributed by atoms with Crippen LogP contribution in [0.1, 0.15) is 49.7 Å². The number of aryl methyl sites for hydroxylation is 2. The number of alkyl halides is 3. The monoisotopic (exact) mass is 446 g/mol. The summed E-state index contributed by atoms with van der Waals surface area (Å²) in [5.74, 6) is 1.57. The van der Waals surface area contributed by atoms with E-state index in [-0.39, 0.29) is 0 Å². The molecule has 2 atom stereocenters. The van der Waals surface area contributed by atoms with Crippen molar-refractivity contribution in [2.45, 2.75) is 70.4 Å². The first-order valence-electron chi connectivity index (χ1n) is 10.7. The summed E-state index contributed by atoms with van der Waals surface area (Å²) in [6, 6.07) is 4.94. The summed E-state index contributed by atoms with van der Waals surface area (Å²) in [5, 5.41) is 10.3. The van der Waals surface area contributed by atoms with Crippen LogP contribution in [0.5, 0.6) is 5.75 Å². The molecule has 1 aromatic carbocycles. The van der Waals surface area contributed by atoms with Crippen molar-refractivity contribution in [3.8, 4) is 5.75 Å². The minimum absolute atomic E-state index is 0.384. The number of aliphatic hydroxyl groups is 1. The average molecular weight is 447 g/mol. The maximum Gasteiger partial charge on any atom is 0.390 e. The Morgan fingerprint density at radius 3 is 2.58 bits per heavy atom. The molecule has 1 aliphatic rings. The molecule has 2 rings (SSSR count). The predicted octanol–water partition coefficient (Wildman–Crippen LogP) is 4.16. The molecule has 2 amide bonds. The highest BCUT2D eigenvalue weighted by atomic mass is 19.4. The van der Waals surface area contributed by atoms with E-state index >= 15 is 0 Å². The van der Waals surface area contributed by atoms with Crippen LogP contribution < -0.4 is 10.5 Å². The molecule has 0 spiro atoms. The van der Waals surface area contributed by atoms with Crippen molar-refractivity contribution in [3.05, 3.63) is 29.3 Å². The van der Waals surface area contributed by atoms with Crippen molar-refractivity contribution < 1.29 is 32.5 Å². The van der Waals surface area contributed by atoms with Crippen LogP contribution in [-0.2, 0) is 11.2 Å². The maximum atomic E-state index is 12.5. The normalized spacial score (nSPS) is 16.1. The smallest absolute Gasteiger partial charge is 0.390 e. The van der Waals surface area contributed by atoms with Gasteiger partial charge in [-0.15, -0.1) is 0 Å². The molecular weight excluding hydrogens is 413 g/mol. The van der Waals surface area contributed by atoms with Gasteiger partial charge in [-0.3, -0.25) is 4.90 Å². The molecule has 0 saturated heterocycles. The topological polar surface area (TPSA) is 85.0 Å². The molecule has 1 aromatic rings. The largest absolute Gasteiger partial charge is 0.493 e. The molecule has 0 aliphatic heterocycles. The van der Waals surface area contributed by atoms with Gasteiger partial charge in [0.25, 0.3) is 0 Å². The minimum Gasteiger partial charge on any atom is -0.493 e. The summed E-state index contributed by atoms with van der Waals surface area (Å²) in [7, 11) is 1.35. The fraction of sp³-hybridized carbons (Fsp3) is 0.682. The number of aliphatic hydroxyl groups excluding tert-OH is 1. The van der Waals surface area contributed by atoms with Gasteiger partial charge in [0.15, 0.2) is 6.23 Å². The second-order valence-corrected chi connectivity index (χ2v) is 8.17. The van der Waals surface area contributed by atoms with Crippen LogP contribution in [0.2, 0.25) is 0 Å². The summed E-state index contributed by atoms with van der Waals surface area (Å²) in [4.78, 5) is 12.1. The summed E-state index contributed by atoms with van der Waals surface area (Å²) < 4.78 is 48.4. The van der Waals surface area contributed by atoms with E-state index in [9.17, 15) is 23.1 Å². The van der Waals surface area contributed by atoms with Gasteiger partial charge in [-0.2, -0.15) is 13.2 Å². The number of halogens is 3. The Labute approximate surface area is 181 Å². The molecule has 1 saturated carbocycles. The number of rotatable bonds is 13. The van der Waals surface area contributed by atoms with Crippen molar-refractivity contribution in [1.82, 2.24) is 4.90 Å². The van der Waals surface area contributed by atoms with Gasteiger partial charge in [-0.1, -0.05) is 12.5 Å². The Morgan fingerprint density at radius 2 is 2.03 bits per heavy atom. The molecule has 176 valence electrons. The zero-order chi connectivity index (χ0) is 23.0. The van der Waals surface area contributed by atoms with Crippen LogP contribution in [-0.4, -0.2) is 54.8 Å². The molecule has 3 N–H and O–H groups in total. The fourth-order valence-corrected chi connectivity index (χ4v) is 3.41. The van der Waals surface area contributed by atoms with Crippen LogP contribution in [0, 0.1) is 12.8 Å². The number of methoxy groups -OCH3 is 1. The number of benzene rings is 1. The van der Waals surface area contributed by atoms with Crippen molar-refractivity contribution in [1.29, 1.82) is 0 Å². The lowest BCUT2D eigenvalue weighted by atomic mass is 10.0. The summed E-state index contributed by atoms with van der Waals surface area (Å²) in [6.07, 6.45) is -2.90. The summed E-state index contributed by atoms with van der Waals surface area (Å²) in [6.45, 7) is 2.09. The van der Waals surface area contributed by atoms with E-state index in [1.54, 1.807) is 0 Å². The van der Waals surface area contributed by atoms with Crippen LogP contribution >= 0.6 is 0 Å². The molecule has 9 heteroatoms. The highest BCUT2D eigenvalue weighted by Crippen LogP contribution is 2.30. The Hall–Kier alpha value is -2.00. The van der Waals surface area contributed by atoms with E-state index in [2.05, 4.69) is 0 Å². The van der Waals surface area contributed by atoms with Crippen molar-refractivity contribution in [3.63, 3.8) is 0 Å². The fourth-order valence-electron chi connectivity index (χ4n) is 3.41. The maximum absolute atomic E-state index is 12.5. The number of amides is 2. The lowest BCUT2D eigenvalue weighted by Crippen LogP contribution is -2.51. The molecule has 0 heterocycles. The number of ether oxygens (including phenoxy) is 2. The second kappa shape index (κ2) is 11.6. The van der Waals surface area contributed by atoms with Gasteiger partial charge in [0.05, 0.1) is 13.0 Å². The number of hydrogen-bond donors (Lipinski definition) is 2. The van der Waals surface area contributed by atoms with Crippen LogP contribution in [0.3, 0.4) is 0 Å². The van der Waals surface area contributed by atoms with E-state index in [0.29, 0.717) is 23.7 Å². The van der Waals surface area contributed by atoms with Gasteiger partial charge in [0.2, 0.25) is 0 Å². The van der Waals surface area contributed by atoms with Crippen LogP contribution in [0.25, 0.3) is 0 Å². The van der Waals surface area contributed by atoms with E-state index in [0.717, 1.165) is 30.8 Å². The third-order valence-electron chi connectivity index (χ3n) is 5.56. The van der Waals surface area contributed by atoms with Crippen molar-refractivity contribution in [2.75, 3.05) is 20.3 Å². The SMILES string of the molecule is COC(CCCCc1ccc(OCC2CC2)cc1C)C(O)N(CCC(F)(F)F)C(N)=O. The molecule has 31 heavy (non-hydrogen) atoms. The van der Waals surface area contributed by atoms with Gasteiger partial charge < -0.3 is 20.3 Å². The van der Waals surface area contributed by atoms with E-state index in [1.165, 1.54) is 25.5 Å². The molecule has 0 radical (unpaired) electrons. The molecule has 0 aromatic heterocycles. The van der Waals surface area contributed by atoms with E-state index < -0.39 is 37.5 Å². The predicted molar refractivity (Wildman–Crippen MR) is 111 cm³/mol. The number of carbonyl (C=O) groups excluding carboxylic acids is 1. The Balaban J connectivity index is 1.79. The first-order valence-corrected chi connectivity index (χ1v) is 10.7. The Kier molecular flexibility index (Phi) is 9.43. The molecule has 1 fully saturated rings. The zero-order valence-electron chi connectivity index (χ0n) is 18.2. The van der Waals surface area contributed by atoms with Crippen LogP contribution in [0.4, 0.5) is 18.0 Å². The van der Waals surface area contributed by atoms with Gasteiger partial charge in [-0.25, -0.2) is 4.79 Å². The number of hydrogen-bond acceptors (Lipinski definition) is 4. The highest BCUT2D eigenvalue weighted by Gasteiger charge is 2.33. The number of urea groups is 1. The van der Waals surface area contributed by atoms with Crippen molar-refractivity contribution >= 4 is 6.03 Å². The Bertz CT molecular complexity index is 710. The van der Waals surface area contributed by atoms with Crippen molar-refractivity contribution in [2.24, 2.45) is 11.7 Å². The zero-order valence-corrected chi connectivity index (χ0v) is 18.2. The molecular formula is C22H33F3N2O4. The Morgan fingerprint density at radius 1 is 1.32 bits per heavy atom. The summed E-state index contributed by atoms with van der Waals surface area (Å²) >= 11 is 0. The molecule has 1 aliphatic carbocycles. The molecule has 2 unspecified atom stereocenters. The number of carbonyl (C=O) groups is 1. The van der Waals surface area contributed by atoms with Crippen LogP contribution in [0.15, 0.2) is 18.2 Å². The van der Waals surface area contributed by atoms with E-state index in [4.69, 9.17) is 15.2 Å². The van der Waals surface area contributed by atoms with Gasteiger partial charge in [-0.05, 0) is 68.2 Å².